The van der Waals surface area contributed by atoms with E-state index in [1.807, 2.05) is 0 Å². The van der Waals surface area contributed by atoms with E-state index in [1.54, 1.807) is 4.57 Å². The molecule has 9 heteroatoms. The van der Waals surface area contributed by atoms with Crippen LogP contribution in [0.4, 0.5) is 4.39 Å². The van der Waals surface area contributed by atoms with Gasteiger partial charge in [0.1, 0.15) is 17.1 Å². The van der Waals surface area contributed by atoms with Gasteiger partial charge in [0.25, 0.3) is 0 Å². The second kappa shape index (κ2) is 5.66. The lowest BCUT2D eigenvalue weighted by Crippen LogP contribution is -2.19. The Labute approximate surface area is 145 Å². The van der Waals surface area contributed by atoms with Crippen LogP contribution in [-0.2, 0) is 5.88 Å². The quantitative estimate of drug-likeness (QED) is 0.720. The number of fused-ring (bicyclic) bond motifs is 1. The van der Waals surface area contributed by atoms with Crippen molar-refractivity contribution in [3.05, 3.63) is 51.8 Å². The molecule has 1 aromatic carbocycles. The average Bonchev–Trinajstić information content (AvgIpc) is 3.31. The lowest BCUT2D eigenvalue weighted by Gasteiger charge is -2.13. The predicted octanol–water partition coefficient (Wildman–Crippen LogP) is 2.49. The van der Waals surface area contributed by atoms with Crippen LogP contribution < -0.4 is 5.43 Å². The fraction of sp³-hybridized carbons (Fsp3) is 0.250. The highest BCUT2D eigenvalue weighted by Crippen LogP contribution is 2.37. The van der Waals surface area contributed by atoms with E-state index in [-0.39, 0.29) is 28.6 Å². The minimum absolute atomic E-state index is 0.0331. The van der Waals surface area contributed by atoms with Gasteiger partial charge in [-0.25, -0.2) is 13.9 Å². The fourth-order valence-electron chi connectivity index (χ4n) is 2.82. The first-order valence-electron chi connectivity index (χ1n) is 7.59. The van der Waals surface area contributed by atoms with Crippen molar-refractivity contribution in [2.75, 3.05) is 0 Å². The van der Waals surface area contributed by atoms with Crippen molar-refractivity contribution in [1.82, 2.24) is 19.6 Å². The van der Waals surface area contributed by atoms with E-state index in [4.69, 9.17) is 11.6 Å². The van der Waals surface area contributed by atoms with Crippen LogP contribution in [0.25, 0.3) is 16.6 Å². The number of aromatic carboxylic acids is 1. The molecule has 2 heterocycles. The molecule has 0 aliphatic heterocycles. The topological polar surface area (TPSA) is 90.0 Å². The van der Waals surface area contributed by atoms with Crippen LogP contribution in [-0.4, -0.2) is 30.6 Å². The number of alkyl halides is 1. The first-order valence-corrected chi connectivity index (χ1v) is 8.12. The van der Waals surface area contributed by atoms with Crippen molar-refractivity contribution >= 4 is 28.5 Å². The smallest absolute Gasteiger partial charge is 0.341 e. The van der Waals surface area contributed by atoms with E-state index in [1.165, 1.54) is 23.1 Å². The third kappa shape index (κ3) is 2.58. The van der Waals surface area contributed by atoms with Crippen molar-refractivity contribution in [3.63, 3.8) is 0 Å². The lowest BCUT2D eigenvalue weighted by molar-refractivity contribution is 0.0695. The standard InChI is InChI=1S/C16H12ClFN4O3/c17-5-8-6-22(20-19-8)14-4-13-10(3-12(14)18)15(23)11(16(24)25)7-21(13)9-1-2-9/h3-4,6-7,9H,1-2,5H2,(H,24,25). The van der Waals surface area contributed by atoms with Crippen LogP contribution in [0.5, 0.6) is 0 Å². The molecule has 1 aliphatic rings. The minimum atomic E-state index is -1.33. The normalized spacial score (nSPS) is 14.2. The molecular weight excluding hydrogens is 351 g/mol. The van der Waals surface area contributed by atoms with Gasteiger partial charge in [-0.2, -0.15) is 0 Å². The lowest BCUT2D eigenvalue weighted by atomic mass is 10.1. The Morgan fingerprint density at radius 1 is 1.36 bits per heavy atom. The highest BCUT2D eigenvalue weighted by molar-refractivity contribution is 6.16. The molecule has 1 fully saturated rings. The zero-order valence-corrected chi connectivity index (χ0v) is 13.6. The highest BCUT2D eigenvalue weighted by Gasteiger charge is 2.27. The molecule has 0 saturated heterocycles. The zero-order chi connectivity index (χ0) is 17.7. The number of pyridine rings is 1. The van der Waals surface area contributed by atoms with Crippen LogP contribution in [0.3, 0.4) is 0 Å². The molecule has 25 heavy (non-hydrogen) atoms. The molecule has 0 radical (unpaired) electrons. The largest absolute Gasteiger partial charge is 0.477 e. The molecule has 128 valence electrons. The van der Waals surface area contributed by atoms with Crippen molar-refractivity contribution in [2.45, 2.75) is 24.8 Å². The number of benzene rings is 1. The van der Waals surface area contributed by atoms with E-state index in [9.17, 15) is 19.1 Å². The summed E-state index contributed by atoms with van der Waals surface area (Å²) in [6, 6.07) is 2.65. The molecule has 1 saturated carbocycles. The molecule has 0 unspecified atom stereocenters. The number of halogens is 2. The number of aromatic nitrogens is 4. The molecule has 0 atom stereocenters. The van der Waals surface area contributed by atoms with Crippen molar-refractivity contribution in [3.8, 4) is 5.69 Å². The Hall–Kier alpha value is -2.74. The maximum atomic E-state index is 14.6. The van der Waals surface area contributed by atoms with Crippen molar-refractivity contribution in [1.29, 1.82) is 0 Å². The Morgan fingerprint density at radius 3 is 2.72 bits per heavy atom. The molecule has 0 spiro atoms. The first kappa shape index (κ1) is 15.8. The molecule has 1 N–H and O–H groups in total. The van der Waals surface area contributed by atoms with Crippen LogP contribution >= 0.6 is 11.6 Å². The summed E-state index contributed by atoms with van der Waals surface area (Å²) in [7, 11) is 0. The zero-order valence-electron chi connectivity index (χ0n) is 12.8. The van der Waals surface area contributed by atoms with E-state index in [0.29, 0.717) is 11.2 Å². The summed E-state index contributed by atoms with van der Waals surface area (Å²) in [5.74, 6) is -1.88. The van der Waals surface area contributed by atoms with Crippen LogP contribution in [0.2, 0.25) is 0 Å². The van der Waals surface area contributed by atoms with Gasteiger partial charge in [-0.1, -0.05) is 5.21 Å². The average molecular weight is 363 g/mol. The van der Waals surface area contributed by atoms with Gasteiger partial charge in [0, 0.05) is 17.6 Å². The monoisotopic (exact) mass is 362 g/mol. The Bertz CT molecular complexity index is 1070. The number of carbonyl (C=O) groups is 1. The van der Waals surface area contributed by atoms with Gasteiger partial charge in [0.15, 0.2) is 0 Å². The van der Waals surface area contributed by atoms with Gasteiger partial charge >= 0.3 is 5.97 Å². The Balaban J connectivity index is 2.01. The van der Waals surface area contributed by atoms with E-state index in [2.05, 4.69) is 10.3 Å². The number of nitrogens with zero attached hydrogens (tertiary/aromatic N) is 4. The minimum Gasteiger partial charge on any atom is -0.477 e. The molecule has 3 aromatic rings. The third-order valence-electron chi connectivity index (χ3n) is 4.20. The summed E-state index contributed by atoms with van der Waals surface area (Å²) in [5, 5.41) is 16.9. The molecule has 0 amide bonds. The molecular formula is C16H12ClFN4O3. The van der Waals surface area contributed by atoms with E-state index >= 15 is 0 Å². The number of hydrogen-bond donors (Lipinski definition) is 1. The van der Waals surface area contributed by atoms with Gasteiger partial charge in [-0.3, -0.25) is 4.79 Å². The maximum Gasteiger partial charge on any atom is 0.341 e. The molecule has 1 aliphatic carbocycles. The fourth-order valence-corrected chi connectivity index (χ4v) is 2.94. The molecule has 2 aromatic heterocycles. The van der Waals surface area contributed by atoms with Gasteiger partial charge in [0.05, 0.1) is 23.3 Å². The van der Waals surface area contributed by atoms with Crippen molar-refractivity contribution in [2.24, 2.45) is 0 Å². The number of hydrogen-bond acceptors (Lipinski definition) is 4. The van der Waals surface area contributed by atoms with Crippen LogP contribution in [0.15, 0.2) is 29.3 Å². The summed E-state index contributed by atoms with van der Waals surface area (Å²) in [6.07, 6.45) is 4.59. The van der Waals surface area contributed by atoms with Crippen LogP contribution in [0, 0.1) is 5.82 Å². The number of carboxylic acids is 1. The highest BCUT2D eigenvalue weighted by atomic mass is 35.5. The second-order valence-electron chi connectivity index (χ2n) is 5.92. The van der Waals surface area contributed by atoms with Gasteiger partial charge in [-0.15, -0.1) is 16.7 Å². The summed E-state index contributed by atoms with van der Waals surface area (Å²) in [5.41, 5.74) is 0.00802. The second-order valence-corrected chi connectivity index (χ2v) is 6.19. The predicted molar refractivity (Wildman–Crippen MR) is 87.9 cm³/mol. The Kier molecular flexibility index (Phi) is 3.57. The summed E-state index contributed by atoms with van der Waals surface area (Å²) in [6.45, 7) is 0. The number of carboxylic acid groups (broad SMARTS) is 1. The SMILES string of the molecule is O=C(O)c1cn(C2CC2)c2cc(-n3cc(CCl)nn3)c(F)cc2c1=O. The van der Waals surface area contributed by atoms with Crippen LogP contribution in [0.1, 0.15) is 34.9 Å². The maximum absolute atomic E-state index is 14.6. The molecule has 4 rings (SSSR count). The Morgan fingerprint density at radius 2 is 2.12 bits per heavy atom. The van der Waals surface area contributed by atoms with Gasteiger partial charge < -0.3 is 9.67 Å². The number of rotatable bonds is 4. The van der Waals surface area contributed by atoms with Gasteiger partial charge in [0.2, 0.25) is 5.43 Å². The van der Waals surface area contributed by atoms with Crippen molar-refractivity contribution < 1.29 is 14.3 Å². The molecule has 7 nitrogen and oxygen atoms in total. The summed E-state index contributed by atoms with van der Waals surface area (Å²) >= 11 is 5.69. The third-order valence-corrected chi connectivity index (χ3v) is 4.47. The first-order chi connectivity index (χ1) is 12.0. The summed E-state index contributed by atoms with van der Waals surface area (Å²) in [4.78, 5) is 23.7. The van der Waals surface area contributed by atoms with E-state index in [0.717, 1.165) is 18.9 Å². The van der Waals surface area contributed by atoms with E-state index < -0.39 is 17.2 Å². The van der Waals surface area contributed by atoms with Gasteiger partial charge in [-0.05, 0) is 25.0 Å². The molecule has 0 bridgehead atoms. The summed E-state index contributed by atoms with van der Waals surface area (Å²) < 4.78 is 17.5.